The summed E-state index contributed by atoms with van der Waals surface area (Å²) in [6.07, 6.45) is -3.96. The van der Waals surface area contributed by atoms with Crippen molar-refractivity contribution in [1.82, 2.24) is 13.7 Å². The molecule has 0 amide bonds. The molecule has 0 radical (unpaired) electrons. The molecule has 186 valence electrons. The molecule has 1 rings (SSSR count). The minimum atomic E-state index is -2.03. The lowest BCUT2D eigenvalue weighted by Gasteiger charge is -2.28. The molecule has 0 aliphatic rings. The molecule has 0 saturated heterocycles. The number of nitrogens with zero attached hydrogens (tertiary/aromatic N) is 3. The van der Waals surface area contributed by atoms with Gasteiger partial charge in [0.2, 0.25) is 0 Å². The van der Waals surface area contributed by atoms with E-state index in [1.807, 2.05) is 0 Å². The first kappa shape index (κ1) is 27.7. The van der Waals surface area contributed by atoms with Crippen molar-refractivity contribution in [2.24, 2.45) is 0 Å². The van der Waals surface area contributed by atoms with E-state index in [9.17, 15) is 44.1 Å². The first-order valence-electron chi connectivity index (χ1n) is 9.54. The number of hydrogen-bond acceptors (Lipinski definition) is 9. The third-order valence-electron chi connectivity index (χ3n) is 5.28. The van der Waals surface area contributed by atoms with E-state index in [4.69, 9.17) is 14.2 Å². The number of carboxylic acid groups (broad SMARTS) is 3. The number of carbonyl (C=O) groups is 3. The molecule has 0 saturated carbocycles. The summed E-state index contributed by atoms with van der Waals surface area (Å²) in [7, 11) is 3.29. The fourth-order valence-corrected chi connectivity index (χ4v) is 3.26. The molecule has 15 heteroatoms. The Hall–Kier alpha value is -3.30. The van der Waals surface area contributed by atoms with Crippen LogP contribution in [0.15, 0.2) is 14.4 Å². The largest absolute Gasteiger partial charge is 0.480 e. The summed E-state index contributed by atoms with van der Waals surface area (Å²) >= 11 is 0. The zero-order chi connectivity index (χ0) is 25.8. The number of aliphatic carboxylic acids is 3. The summed E-state index contributed by atoms with van der Waals surface area (Å²) in [4.78, 5) is 75.5. The molecule has 15 nitrogen and oxygen atoms in total. The van der Waals surface area contributed by atoms with E-state index in [0.29, 0.717) is 0 Å². The van der Waals surface area contributed by atoms with Crippen molar-refractivity contribution in [3.8, 4) is 0 Å². The van der Waals surface area contributed by atoms with Crippen LogP contribution in [0.25, 0.3) is 0 Å². The first-order valence-corrected chi connectivity index (χ1v) is 9.54. The summed E-state index contributed by atoms with van der Waals surface area (Å²) in [6, 6.07) is -6.10. The molecule has 3 N–H and O–H groups in total. The van der Waals surface area contributed by atoms with Crippen LogP contribution in [-0.2, 0) is 28.6 Å². The van der Waals surface area contributed by atoms with Gasteiger partial charge in [-0.05, 0) is 20.8 Å². The number of ether oxygens (including phenoxy) is 3. The van der Waals surface area contributed by atoms with E-state index >= 15 is 0 Å². The lowest BCUT2D eigenvalue weighted by Crippen LogP contribution is -2.62. The lowest BCUT2D eigenvalue weighted by molar-refractivity contribution is -0.145. The highest BCUT2D eigenvalue weighted by Gasteiger charge is 2.40. The molecule has 33 heavy (non-hydrogen) atoms. The second kappa shape index (κ2) is 11.0. The molecule has 0 aliphatic heterocycles. The van der Waals surface area contributed by atoms with Crippen LogP contribution in [-0.4, -0.2) is 86.6 Å². The topological polar surface area (TPSA) is 206 Å². The fourth-order valence-electron chi connectivity index (χ4n) is 3.26. The molecule has 0 bridgehead atoms. The summed E-state index contributed by atoms with van der Waals surface area (Å²) in [6.45, 7) is 3.64. The molecule has 0 fully saturated rings. The van der Waals surface area contributed by atoms with Crippen molar-refractivity contribution in [2.75, 3.05) is 21.3 Å². The normalized spacial score (nSPS) is 16.9. The van der Waals surface area contributed by atoms with Gasteiger partial charge >= 0.3 is 35.0 Å². The van der Waals surface area contributed by atoms with Crippen molar-refractivity contribution in [3.05, 3.63) is 31.5 Å². The van der Waals surface area contributed by atoms with E-state index < -0.39 is 71.4 Å². The smallest absolute Gasteiger partial charge is 0.338 e. The van der Waals surface area contributed by atoms with E-state index in [0.717, 1.165) is 21.3 Å². The van der Waals surface area contributed by atoms with Crippen LogP contribution in [0, 0.1) is 0 Å². The minimum Gasteiger partial charge on any atom is -0.480 e. The van der Waals surface area contributed by atoms with Crippen LogP contribution in [0.1, 0.15) is 38.9 Å². The Kier molecular flexibility index (Phi) is 9.26. The summed E-state index contributed by atoms with van der Waals surface area (Å²) < 4.78 is 15.1. The van der Waals surface area contributed by atoms with Crippen molar-refractivity contribution in [1.29, 1.82) is 0 Å². The maximum absolute atomic E-state index is 13.2. The molecular weight excluding hydrogens is 450 g/mol. The van der Waals surface area contributed by atoms with Crippen LogP contribution in [0.2, 0.25) is 0 Å². The van der Waals surface area contributed by atoms with Gasteiger partial charge in [0.1, 0.15) is 0 Å². The average molecular weight is 477 g/mol. The average Bonchev–Trinajstić information content (AvgIpc) is 2.74. The van der Waals surface area contributed by atoms with Crippen molar-refractivity contribution in [2.45, 2.75) is 57.2 Å². The van der Waals surface area contributed by atoms with Crippen molar-refractivity contribution >= 4 is 17.9 Å². The van der Waals surface area contributed by atoms with Gasteiger partial charge in [0.05, 0.1) is 18.3 Å². The van der Waals surface area contributed by atoms with Crippen molar-refractivity contribution < 1.29 is 43.9 Å². The fraction of sp³-hybridized carbons (Fsp3) is 0.667. The molecular formula is C18H27N3O12. The van der Waals surface area contributed by atoms with Crippen molar-refractivity contribution in [3.63, 3.8) is 0 Å². The van der Waals surface area contributed by atoms with Gasteiger partial charge in [-0.3, -0.25) is 0 Å². The highest BCUT2D eigenvalue weighted by Crippen LogP contribution is 2.16. The number of aromatic nitrogens is 3. The Morgan fingerprint density at radius 2 is 0.758 bits per heavy atom. The quantitative estimate of drug-likeness (QED) is 0.303. The Bertz CT molecular complexity index is 907. The monoisotopic (exact) mass is 477 g/mol. The van der Waals surface area contributed by atoms with Gasteiger partial charge in [-0.2, -0.15) is 0 Å². The molecule has 0 spiro atoms. The second-order valence-electron chi connectivity index (χ2n) is 7.13. The Morgan fingerprint density at radius 1 is 0.576 bits per heavy atom. The maximum atomic E-state index is 13.2. The molecule has 0 aliphatic carbocycles. The van der Waals surface area contributed by atoms with Crippen LogP contribution in [0.3, 0.4) is 0 Å². The SMILES string of the molecule is COC(C)C(C(=O)O)n1c(=O)n(C(C(=O)O)C(C)OC)c(=O)n(C(C(=O)O)C(C)OC)c1=O. The predicted octanol–water partition coefficient (Wildman–Crippen LogP) is -1.85. The molecule has 1 heterocycles. The second-order valence-corrected chi connectivity index (χ2v) is 7.13. The van der Waals surface area contributed by atoms with Gasteiger partial charge < -0.3 is 29.5 Å². The van der Waals surface area contributed by atoms with E-state index in [1.165, 1.54) is 20.8 Å². The van der Waals surface area contributed by atoms with Crippen LogP contribution < -0.4 is 17.1 Å². The lowest BCUT2D eigenvalue weighted by atomic mass is 10.1. The third kappa shape index (κ3) is 5.20. The summed E-state index contributed by atoms with van der Waals surface area (Å²) in [5.74, 6) is -5.17. The van der Waals surface area contributed by atoms with E-state index in [1.54, 1.807) is 0 Å². The van der Waals surface area contributed by atoms with Crippen LogP contribution in [0.5, 0.6) is 0 Å². The van der Waals surface area contributed by atoms with Gasteiger partial charge in [-0.25, -0.2) is 42.5 Å². The Balaban J connectivity index is 4.39. The van der Waals surface area contributed by atoms with Crippen LogP contribution >= 0.6 is 0 Å². The predicted molar refractivity (Wildman–Crippen MR) is 109 cm³/mol. The van der Waals surface area contributed by atoms with Gasteiger partial charge in [0, 0.05) is 21.3 Å². The molecule has 1 aromatic rings. The highest BCUT2D eigenvalue weighted by molar-refractivity contribution is 5.74. The van der Waals surface area contributed by atoms with Gasteiger partial charge in [0.25, 0.3) is 0 Å². The molecule has 0 aromatic carbocycles. The Labute approximate surface area is 186 Å². The van der Waals surface area contributed by atoms with Gasteiger partial charge in [0.15, 0.2) is 18.1 Å². The zero-order valence-electron chi connectivity index (χ0n) is 18.8. The molecule has 6 unspecified atom stereocenters. The molecule has 1 aromatic heterocycles. The van der Waals surface area contributed by atoms with E-state index in [-0.39, 0.29) is 13.7 Å². The standard InChI is InChI=1S/C18H27N3O12/c1-7(31-4)10(13(22)23)19-16(28)20(11(14(24)25)8(2)32-5)18(30)21(17(19)29)12(15(26)27)9(3)33-6/h7-12H,1-6H3,(H,22,23)(H,24,25)(H,26,27). The Morgan fingerprint density at radius 3 is 0.879 bits per heavy atom. The number of methoxy groups -OCH3 is 3. The molecule has 6 atom stereocenters. The zero-order valence-corrected chi connectivity index (χ0v) is 18.8. The number of rotatable bonds is 12. The van der Waals surface area contributed by atoms with Gasteiger partial charge in [-0.1, -0.05) is 0 Å². The summed E-state index contributed by atoms with van der Waals surface area (Å²) in [5.41, 5.74) is -4.78. The highest BCUT2D eigenvalue weighted by atomic mass is 16.5. The summed E-state index contributed by atoms with van der Waals surface area (Å²) in [5, 5.41) is 29.0. The third-order valence-corrected chi connectivity index (χ3v) is 5.28. The first-order chi connectivity index (χ1) is 15.3. The maximum Gasteiger partial charge on any atom is 0.338 e. The number of carboxylic acids is 3. The minimum absolute atomic E-state index is 0.0779. The van der Waals surface area contributed by atoms with Crippen LogP contribution in [0.4, 0.5) is 0 Å². The van der Waals surface area contributed by atoms with Gasteiger partial charge in [-0.15, -0.1) is 0 Å². The number of hydrogen-bond donors (Lipinski definition) is 3. The van der Waals surface area contributed by atoms with E-state index in [2.05, 4.69) is 0 Å².